The Morgan fingerprint density at radius 3 is 2.00 bits per heavy atom. The van der Waals surface area contributed by atoms with Crippen molar-refractivity contribution in [3.8, 4) is 0 Å². The molecule has 17 heavy (non-hydrogen) atoms. The standard InChI is InChI=1S/C11H19O5P/c1-6-14-17(13,15-7-2)9-8(3)10(12)16-11(9,4)5/h6-7H2,1-5H3. The summed E-state index contributed by atoms with van der Waals surface area (Å²) in [5.74, 6) is -0.468. The van der Waals surface area contributed by atoms with Crippen molar-refractivity contribution in [2.45, 2.75) is 40.2 Å². The summed E-state index contributed by atoms with van der Waals surface area (Å²) < 4.78 is 28.3. The summed E-state index contributed by atoms with van der Waals surface area (Å²) in [4.78, 5) is 11.5. The van der Waals surface area contributed by atoms with Crippen molar-refractivity contribution >= 4 is 13.6 Å². The van der Waals surface area contributed by atoms with Crippen LogP contribution in [0.3, 0.4) is 0 Å². The minimum absolute atomic E-state index is 0.248. The molecule has 0 spiro atoms. The van der Waals surface area contributed by atoms with Gasteiger partial charge in [0.2, 0.25) is 0 Å². The van der Waals surface area contributed by atoms with E-state index in [9.17, 15) is 9.36 Å². The van der Waals surface area contributed by atoms with Crippen LogP contribution >= 0.6 is 7.60 Å². The van der Waals surface area contributed by atoms with Gasteiger partial charge >= 0.3 is 13.6 Å². The Labute approximate surface area is 102 Å². The lowest BCUT2D eigenvalue weighted by Crippen LogP contribution is -2.24. The largest absolute Gasteiger partial charge is 0.451 e. The van der Waals surface area contributed by atoms with Gasteiger partial charge in [-0.2, -0.15) is 0 Å². The van der Waals surface area contributed by atoms with E-state index < -0.39 is 19.2 Å². The van der Waals surface area contributed by atoms with Crippen LogP contribution in [0.15, 0.2) is 10.9 Å². The maximum Gasteiger partial charge on any atom is 0.361 e. The van der Waals surface area contributed by atoms with Crippen molar-refractivity contribution < 1.29 is 23.1 Å². The van der Waals surface area contributed by atoms with Crippen molar-refractivity contribution in [2.75, 3.05) is 13.2 Å². The van der Waals surface area contributed by atoms with Crippen molar-refractivity contribution in [3.63, 3.8) is 0 Å². The van der Waals surface area contributed by atoms with Crippen LogP contribution in [-0.4, -0.2) is 24.8 Å². The van der Waals surface area contributed by atoms with Gasteiger partial charge in [-0.1, -0.05) is 0 Å². The molecule has 1 heterocycles. The van der Waals surface area contributed by atoms with Crippen molar-refractivity contribution in [2.24, 2.45) is 0 Å². The quantitative estimate of drug-likeness (QED) is 0.563. The van der Waals surface area contributed by atoms with Gasteiger partial charge in [0, 0.05) is 5.57 Å². The second-order valence-electron chi connectivity index (χ2n) is 4.21. The number of hydrogen-bond donors (Lipinski definition) is 0. The Morgan fingerprint density at radius 2 is 1.71 bits per heavy atom. The molecule has 0 saturated carbocycles. The zero-order valence-corrected chi connectivity index (χ0v) is 11.8. The SMILES string of the molecule is CCOP(=O)(OCC)C1=C(C)C(=O)OC1(C)C. The van der Waals surface area contributed by atoms with E-state index in [1.165, 1.54) is 0 Å². The molecule has 0 saturated heterocycles. The number of carbonyl (C=O) groups excluding carboxylic acids is 1. The molecule has 0 aliphatic carbocycles. The zero-order valence-electron chi connectivity index (χ0n) is 10.9. The molecule has 0 aromatic carbocycles. The Bertz CT molecular complexity index is 387. The number of hydrogen-bond acceptors (Lipinski definition) is 5. The Morgan fingerprint density at radius 1 is 1.24 bits per heavy atom. The Balaban J connectivity index is 3.27. The second kappa shape index (κ2) is 4.92. The van der Waals surface area contributed by atoms with E-state index in [4.69, 9.17) is 13.8 Å². The molecule has 0 radical (unpaired) electrons. The van der Waals surface area contributed by atoms with Gasteiger partial charge in [-0.05, 0) is 34.6 Å². The molecule has 0 aromatic rings. The number of carbonyl (C=O) groups is 1. The van der Waals surface area contributed by atoms with Crippen LogP contribution in [0, 0.1) is 0 Å². The van der Waals surface area contributed by atoms with Gasteiger partial charge in [0.05, 0.1) is 18.5 Å². The third-order valence-corrected chi connectivity index (χ3v) is 5.07. The minimum atomic E-state index is -3.45. The summed E-state index contributed by atoms with van der Waals surface area (Å²) in [5, 5.41) is 0.332. The molecule has 0 unspecified atom stereocenters. The smallest absolute Gasteiger partial charge is 0.361 e. The molecule has 0 N–H and O–H groups in total. The molecule has 98 valence electrons. The van der Waals surface area contributed by atoms with E-state index in [0.29, 0.717) is 10.9 Å². The number of cyclic esters (lactones) is 1. The van der Waals surface area contributed by atoms with E-state index in [-0.39, 0.29) is 13.2 Å². The minimum Gasteiger partial charge on any atom is -0.451 e. The highest BCUT2D eigenvalue weighted by Crippen LogP contribution is 2.63. The third-order valence-electron chi connectivity index (χ3n) is 2.45. The molecule has 0 aromatic heterocycles. The maximum atomic E-state index is 12.7. The zero-order chi connectivity index (χ0) is 13.3. The van der Waals surface area contributed by atoms with Crippen molar-refractivity contribution in [1.29, 1.82) is 0 Å². The van der Waals surface area contributed by atoms with Gasteiger partial charge in [-0.15, -0.1) is 0 Å². The first kappa shape index (κ1) is 14.4. The highest BCUT2D eigenvalue weighted by molar-refractivity contribution is 7.58. The topological polar surface area (TPSA) is 61.8 Å². The molecule has 0 amide bonds. The maximum absolute atomic E-state index is 12.7. The predicted molar refractivity (Wildman–Crippen MR) is 63.7 cm³/mol. The molecular weight excluding hydrogens is 243 g/mol. The normalized spacial score (nSPS) is 19.7. The second-order valence-corrected chi connectivity index (χ2v) is 6.17. The molecule has 0 atom stereocenters. The summed E-state index contributed by atoms with van der Waals surface area (Å²) in [6.45, 7) is 8.90. The average molecular weight is 262 g/mol. The molecule has 1 rings (SSSR count). The monoisotopic (exact) mass is 262 g/mol. The summed E-state index contributed by atoms with van der Waals surface area (Å²) in [7, 11) is -3.45. The first-order valence-corrected chi connectivity index (χ1v) is 7.17. The first-order valence-electron chi connectivity index (χ1n) is 5.63. The van der Waals surface area contributed by atoms with Crippen LogP contribution in [-0.2, 0) is 23.1 Å². The van der Waals surface area contributed by atoms with E-state index in [0.717, 1.165) is 0 Å². The molecule has 5 nitrogen and oxygen atoms in total. The van der Waals surface area contributed by atoms with Crippen molar-refractivity contribution in [3.05, 3.63) is 10.9 Å². The fraction of sp³-hybridized carbons (Fsp3) is 0.727. The Hall–Kier alpha value is -0.640. The van der Waals surface area contributed by atoms with Crippen LogP contribution in [0.5, 0.6) is 0 Å². The summed E-state index contributed by atoms with van der Waals surface area (Å²) in [6.07, 6.45) is 0. The predicted octanol–water partition coefficient (Wildman–Crippen LogP) is 2.86. The summed E-state index contributed by atoms with van der Waals surface area (Å²) in [5.41, 5.74) is -0.624. The fourth-order valence-corrected chi connectivity index (χ4v) is 4.17. The molecule has 6 heteroatoms. The average Bonchev–Trinajstić information content (AvgIpc) is 2.36. The molecule has 0 fully saturated rings. The van der Waals surface area contributed by atoms with E-state index in [2.05, 4.69) is 0 Å². The lowest BCUT2D eigenvalue weighted by Gasteiger charge is -2.27. The van der Waals surface area contributed by atoms with Gasteiger partial charge in [-0.3, -0.25) is 4.57 Å². The van der Waals surface area contributed by atoms with E-state index in [1.807, 2.05) is 0 Å². The number of ether oxygens (including phenoxy) is 1. The third kappa shape index (κ3) is 2.62. The number of esters is 1. The summed E-state index contributed by atoms with van der Waals surface area (Å²) >= 11 is 0. The fourth-order valence-electron chi connectivity index (χ4n) is 1.95. The Kier molecular flexibility index (Phi) is 4.18. The molecule has 1 aliphatic heterocycles. The van der Waals surface area contributed by atoms with Crippen LogP contribution in [0.2, 0.25) is 0 Å². The summed E-state index contributed by atoms with van der Waals surface area (Å²) in [6, 6.07) is 0. The van der Waals surface area contributed by atoms with E-state index >= 15 is 0 Å². The van der Waals surface area contributed by atoms with Gasteiger partial charge in [0.1, 0.15) is 5.60 Å². The lowest BCUT2D eigenvalue weighted by molar-refractivity contribution is -0.144. The van der Waals surface area contributed by atoms with Gasteiger partial charge in [0.25, 0.3) is 0 Å². The van der Waals surface area contributed by atoms with Crippen LogP contribution in [0.4, 0.5) is 0 Å². The molecule has 0 bridgehead atoms. The van der Waals surface area contributed by atoms with Gasteiger partial charge in [0.15, 0.2) is 0 Å². The van der Waals surface area contributed by atoms with Crippen LogP contribution < -0.4 is 0 Å². The van der Waals surface area contributed by atoms with E-state index in [1.54, 1.807) is 34.6 Å². The molecular formula is C11H19O5P. The van der Waals surface area contributed by atoms with Gasteiger partial charge < -0.3 is 13.8 Å². The first-order chi connectivity index (χ1) is 7.78. The van der Waals surface area contributed by atoms with Crippen molar-refractivity contribution in [1.82, 2.24) is 0 Å². The highest BCUT2D eigenvalue weighted by atomic mass is 31.2. The number of rotatable bonds is 5. The molecule has 1 aliphatic rings. The van der Waals surface area contributed by atoms with Gasteiger partial charge in [-0.25, -0.2) is 4.79 Å². The van der Waals surface area contributed by atoms with Crippen LogP contribution in [0.1, 0.15) is 34.6 Å². The lowest BCUT2D eigenvalue weighted by atomic mass is 10.1. The van der Waals surface area contributed by atoms with Crippen LogP contribution in [0.25, 0.3) is 0 Å². The highest BCUT2D eigenvalue weighted by Gasteiger charge is 2.49.